The number of rotatable bonds is 7. The Balaban J connectivity index is 1.13. The molecule has 2 nitrogen and oxygen atoms in total. The fraction of sp³-hybridized carbons (Fsp3) is 0.120. The Kier molecular flexibility index (Phi) is 8.29. The van der Waals surface area contributed by atoms with E-state index in [0.29, 0.717) is 17.8 Å². The molecule has 8 aromatic rings. The lowest BCUT2D eigenvalue weighted by Gasteiger charge is -2.34. The zero-order valence-corrected chi connectivity index (χ0v) is 29.7. The summed E-state index contributed by atoms with van der Waals surface area (Å²) in [6, 6.07) is 66.2. The molecule has 1 aliphatic rings. The van der Waals surface area contributed by atoms with Gasteiger partial charge in [-0.2, -0.15) is 0 Å². The number of hydrogen-bond donors (Lipinski definition) is 0. The molecule has 3 unspecified atom stereocenters. The Morgan fingerprint density at radius 2 is 0.962 bits per heavy atom. The third-order valence-corrected chi connectivity index (χ3v) is 11.0. The summed E-state index contributed by atoms with van der Waals surface area (Å²) in [5, 5.41) is 2.58. The summed E-state index contributed by atoms with van der Waals surface area (Å²) >= 11 is 0. The molecule has 7 aromatic carbocycles. The Morgan fingerprint density at radius 3 is 1.62 bits per heavy atom. The normalized spacial score (nSPS) is 17.3. The largest absolute Gasteiger partial charge is 0.313 e. The molecule has 0 saturated heterocycles. The third kappa shape index (κ3) is 5.81. The number of allylic oxidation sites excluding steroid dienone is 2. The van der Waals surface area contributed by atoms with Crippen LogP contribution < -0.4 is 4.90 Å². The average molecular weight is 671 g/mol. The first-order valence-corrected chi connectivity index (χ1v) is 18.5. The molecule has 0 saturated carbocycles. The summed E-state index contributed by atoms with van der Waals surface area (Å²) in [4.78, 5) is 2.38. The lowest BCUT2D eigenvalue weighted by Crippen LogP contribution is -2.21. The fourth-order valence-electron chi connectivity index (χ4n) is 8.39. The van der Waals surface area contributed by atoms with Crippen LogP contribution in [0.3, 0.4) is 0 Å². The molecule has 3 atom stereocenters. The SMILES string of the molecule is CC1CC(c2ccc(-c3ccccc3)cc2)C(C)C=C1n1c2ccccc2c2ccc(N(c3ccccc3)c3ccc(-c4ccccc4)cc3)cc21. The van der Waals surface area contributed by atoms with Crippen molar-refractivity contribution in [2.24, 2.45) is 11.8 Å². The van der Waals surface area contributed by atoms with E-state index in [-0.39, 0.29) is 0 Å². The molecule has 1 aliphatic carbocycles. The first-order valence-electron chi connectivity index (χ1n) is 18.5. The molecular formula is C50H42N2. The van der Waals surface area contributed by atoms with Crippen molar-refractivity contribution in [1.82, 2.24) is 4.57 Å². The molecular weight excluding hydrogens is 629 g/mol. The van der Waals surface area contributed by atoms with Gasteiger partial charge in [-0.15, -0.1) is 0 Å². The highest BCUT2D eigenvalue weighted by Crippen LogP contribution is 2.46. The number of benzene rings is 7. The predicted molar refractivity (Wildman–Crippen MR) is 221 cm³/mol. The Bertz CT molecular complexity index is 2490. The number of fused-ring (bicyclic) bond motifs is 3. The quantitative estimate of drug-likeness (QED) is 0.164. The minimum atomic E-state index is 0.383. The van der Waals surface area contributed by atoms with E-state index in [1.54, 1.807) is 0 Å². The van der Waals surface area contributed by atoms with Gasteiger partial charge in [-0.05, 0) is 94.5 Å². The fourth-order valence-corrected chi connectivity index (χ4v) is 8.39. The predicted octanol–water partition coefficient (Wildman–Crippen LogP) is 13.9. The lowest BCUT2D eigenvalue weighted by molar-refractivity contribution is 0.432. The maximum absolute atomic E-state index is 2.56. The molecule has 1 heterocycles. The van der Waals surface area contributed by atoms with E-state index in [2.05, 4.69) is 211 Å². The van der Waals surface area contributed by atoms with Gasteiger partial charge in [0.05, 0.1) is 11.0 Å². The van der Waals surface area contributed by atoms with Crippen LogP contribution in [0.2, 0.25) is 0 Å². The molecule has 0 fully saturated rings. The summed E-state index contributed by atoms with van der Waals surface area (Å²) in [7, 11) is 0. The van der Waals surface area contributed by atoms with Crippen LogP contribution in [0.15, 0.2) is 188 Å². The summed E-state index contributed by atoms with van der Waals surface area (Å²) in [6.45, 7) is 4.81. The standard InChI is InChI=1S/C50H42N2/c1-35-33-49(36(2)32-47(35)41-24-22-39(23-25-41)37-14-6-3-7-15-37)52-48-21-13-12-20-45(48)46-31-30-44(34-50(46)52)51(42-18-10-5-11-19-42)43-28-26-40(27-29-43)38-16-8-4-9-17-38/h3-31,33-36,47H,32H2,1-2H3. The summed E-state index contributed by atoms with van der Waals surface area (Å²) in [5.41, 5.74) is 13.7. The molecule has 252 valence electrons. The van der Waals surface area contributed by atoms with E-state index in [1.807, 2.05) is 0 Å². The van der Waals surface area contributed by atoms with Crippen LogP contribution in [0.25, 0.3) is 49.8 Å². The van der Waals surface area contributed by atoms with Crippen molar-refractivity contribution in [3.63, 3.8) is 0 Å². The number of anilines is 3. The Morgan fingerprint density at radius 1 is 0.462 bits per heavy atom. The molecule has 0 bridgehead atoms. The monoisotopic (exact) mass is 670 g/mol. The zero-order chi connectivity index (χ0) is 35.0. The van der Waals surface area contributed by atoms with E-state index in [1.165, 1.54) is 55.3 Å². The van der Waals surface area contributed by atoms with Crippen molar-refractivity contribution >= 4 is 44.6 Å². The van der Waals surface area contributed by atoms with Crippen molar-refractivity contribution < 1.29 is 0 Å². The molecule has 52 heavy (non-hydrogen) atoms. The molecule has 2 heteroatoms. The number of para-hydroxylation sites is 2. The smallest absolute Gasteiger partial charge is 0.0558 e. The molecule has 1 aromatic heterocycles. The highest BCUT2D eigenvalue weighted by molar-refractivity contribution is 6.11. The molecule has 0 radical (unpaired) electrons. The topological polar surface area (TPSA) is 8.17 Å². The van der Waals surface area contributed by atoms with Crippen molar-refractivity contribution in [1.29, 1.82) is 0 Å². The molecule has 9 rings (SSSR count). The van der Waals surface area contributed by atoms with Gasteiger partial charge in [-0.25, -0.2) is 0 Å². The van der Waals surface area contributed by atoms with Crippen molar-refractivity contribution in [2.45, 2.75) is 26.2 Å². The van der Waals surface area contributed by atoms with E-state index >= 15 is 0 Å². The van der Waals surface area contributed by atoms with Gasteiger partial charge in [0.25, 0.3) is 0 Å². The maximum Gasteiger partial charge on any atom is 0.0558 e. The highest BCUT2D eigenvalue weighted by atomic mass is 15.1. The van der Waals surface area contributed by atoms with Crippen LogP contribution in [-0.4, -0.2) is 4.57 Å². The van der Waals surface area contributed by atoms with Gasteiger partial charge in [0.1, 0.15) is 0 Å². The van der Waals surface area contributed by atoms with Crippen LogP contribution in [0.4, 0.5) is 17.1 Å². The van der Waals surface area contributed by atoms with Crippen molar-refractivity contribution in [2.75, 3.05) is 4.90 Å². The first kappa shape index (κ1) is 31.8. The number of nitrogens with zero attached hydrogens (tertiary/aromatic N) is 2. The van der Waals surface area contributed by atoms with Gasteiger partial charge in [0, 0.05) is 33.5 Å². The van der Waals surface area contributed by atoms with Crippen LogP contribution >= 0.6 is 0 Å². The summed E-state index contributed by atoms with van der Waals surface area (Å²) in [6.07, 6.45) is 3.66. The second kappa shape index (κ2) is 13.5. The first-order chi connectivity index (χ1) is 25.6. The van der Waals surface area contributed by atoms with Crippen LogP contribution in [0.5, 0.6) is 0 Å². The van der Waals surface area contributed by atoms with Crippen LogP contribution in [-0.2, 0) is 0 Å². The summed E-state index contributed by atoms with van der Waals surface area (Å²) in [5.74, 6) is 1.25. The lowest BCUT2D eigenvalue weighted by atomic mass is 9.75. The molecule has 0 spiro atoms. The third-order valence-electron chi connectivity index (χ3n) is 11.0. The number of aromatic nitrogens is 1. The average Bonchev–Trinajstić information content (AvgIpc) is 3.53. The van der Waals surface area contributed by atoms with Crippen LogP contribution in [0.1, 0.15) is 31.7 Å². The van der Waals surface area contributed by atoms with Gasteiger partial charge in [-0.3, -0.25) is 0 Å². The van der Waals surface area contributed by atoms with Crippen LogP contribution in [0, 0.1) is 11.8 Å². The number of hydrogen-bond acceptors (Lipinski definition) is 1. The summed E-state index contributed by atoms with van der Waals surface area (Å²) < 4.78 is 2.56. The van der Waals surface area contributed by atoms with E-state index in [4.69, 9.17) is 0 Å². The second-order valence-electron chi connectivity index (χ2n) is 14.3. The highest BCUT2D eigenvalue weighted by Gasteiger charge is 2.30. The van der Waals surface area contributed by atoms with Crippen molar-refractivity contribution in [3.05, 3.63) is 194 Å². The van der Waals surface area contributed by atoms with Gasteiger partial charge in [0.2, 0.25) is 0 Å². The maximum atomic E-state index is 2.56. The van der Waals surface area contributed by atoms with Gasteiger partial charge in [-0.1, -0.05) is 159 Å². The van der Waals surface area contributed by atoms with E-state index < -0.39 is 0 Å². The van der Waals surface area contributed by atoms with E-state index in [0.717, 1.165) is 23.5 Å². The molecule has 0 aliphatic heterocycles. The Hall–Kier alpha value is -6.12. The second-order valence-corrected chi connectivity index (χ2v) is 14.3. The minimum Gasteiger partial charge on any atom is -0.313 e. The molecule has 0 N–H and O–H groups in total. The zero-order valence-electron chi connectivity index (χ0n) is 29.7. The van der Waals surface area contributed by atoms with E-state index in [9.17, 15) is 0 Å². The van der Waals surface area contributed by atoms with Crippen molar-refractivity contribution in [3.8, 4) is 22.3 Å². The Labute approximate surface area is 306 Å². The molecule has 0 amide bonds. The minimum absolute atomic E-state index is 0.383. The van der Waals surface area contributed by atoms with Gasteiger partial charge in [0.15, 0.2) is 0 Å². The van der Waals surface area contributed by atoms with Gasteiger partial charge >= 0.3 is 0 Å². The van der Waals surface area contributed by atoms with Gasteiger partial charge < -0.3 is 9.47 Å².